The molecule has 2 aliphatic rings. The smallest absolute Gasteiger partial charge is 0.272 e. The van der Waals surface area contributed by atoms with Crippen molar-refractivity contribution in [2.75, 3.05) is 62.3 Å². The van der Waals surface area contributed by atoms with E-state index in [2.05, 4.69) is 14.9 Å². The van der Waals surface area contributed by atoms with Crippen molar-refractivity contribution < 1.29 is 13.9 Å². The van der Waals surface area contributed by atoms with Gasteiger partial charge in [-0.3, -0.25) is 4.79 Å². The molecule has 28 heavy (non-hydrogen) atoms. The Labute approximate surface area is 163 Å². The Bertz CT molecular complexity index is 848. The van der Waals surface area contributed by atoms with Crippen molar-refractivity contribution in [2.45, 2.75) is 6.92 Å². The second kappa shape index (κ2) is 8.10. The molecule has 1 amide bonds. The Hall–Kier alpha value is -2.74. The van der Waals surface area contributed by atoms with E-state index >= 15 is 0 Å². The molecule has 1 aromatic heterocycles. The SMILES string of the molecule is Cc1nc(C(=O)N2CCN(c3ccccc3F)CC2)cc(N2CCOCC2)n1. The van der Waals surface area contributed by atoms with Crippen LogP contribution >= 0.6 is 0 Å². The van der Waals surface area contributed by atoms with Gasteiger partial charge in [0.25, 0.3) is 5.91 Å². The third-order valence-electron chi connectivity index (χ3n) is 5.14. The van der Waals surface area contributed by atoms with Gasteiger partial charge in [0.1, 0.15) is 23.2 Å². The van der Waals surface area contributed by atoms with Crippen LogP contribution in [0.3, 0.4) is 0 Å². The van der Waals surface area contributed by atoms with Crippen LogP contribution in [0.4, 0.5) is 15.9 Å². The predicted molar refractivity (Wildman–Crippen MR) is 104 cm³/mol. The Morgan fingerprint density at radius 3 is 2.43 bits per heavy atom. The number of hydrogen-bond donors (Lipinski definition) is 0. The van der Waals surface area contributed by atoms with Gasteiger partial charge in [0.15, 0.2) is 0 Å². The molecule has 0 aliphatic carbocycles. The number of morpholine rings is 1. The molecule has 4 rings (SSSR count). The zero-order valence-corrected chi connectivity index (χ0v) is 16.0. The van der Waals surface area contributed by atoms with Gasteiger partial charge in [-0.25, -0.2) is 14.4 Å². The molecule has 0 radical (unpaired) electrons. The van der Waals surface area contributed by atoms with Gasteiger partial charge in [0.05, 0.1) is 18.9 Å². The summed E-state index contributed by atoms with van der Waals surface area (Å²) in [6.07, 6.45) is 0. The number of ether oxygens (including phenoxy) is 1. The molecule has 0 saturated carbocycles. The second-order valence-electron chi connectivity index (χ2n) is 6.99. The summed E-state index contributed by atoms with van der Waals surface area (Å²) in [4.78, 5) is 27.7. The van der Waals surface area contributed by atoms with Crippen molar-refractivity contribution in [2.24, 2.45) is 0 Å². The standard InChI is InChI=1S/C20H24FN5O2/c1-15-22-17(14-19(23-15)25-10-12-28-13-11-25)20(27)26-8-6-24(7-9-26)18-5-3-2-4-16(18)21/h2-5,14H,6-13H2,1H3. The molecule has 8 heteroatoms. The van der Waals surface area contributed by atoms with E-state index in [1.807, 2.05) is 11.0 Å². The number of hydrogen-bond acceptors (Lipinski definition) is 6. The van der Waals surface area contributed by atoms with E-state index < -0.39 is 0 Å². The maximum absolute atomic E-state index is 14.0. The lowest BCUT2D eigenvalue weighted by molar-refractivity contribution is 0.0740. The molecule has 2 saturated heterocycles. The first-order valence-electron chi connectivity index (χ1n) is 9.59. The van der Waals surface area contributed by atoms with Gasteiger partial charge in [0.2, 0.25) is 0 Å². The minimum Gasteiger partial charge on any atom is -0.378 e. The Morgan fingerprint density at radius 2 is 1.71 bits per heavy atom. The predicted octanol–water partition coefficient (Wildman–Crippen LogP) is 1.72. The highest BCUT2D eigenvalue weighted by atomic mass is 19.1. The lowest BCUT2D eigenvalue weighted by Gasteiger charge is -2.36. The zero-order valence-electron chi connectivity index (χ0n) is 16.0. The number of aromatic nitrogens is 2. The fourth-order valence-electron chi connectivity index (χ4n) is 3.64. The summed E-state index contributed by atoms with van der Waals surface area (Å²) in [5.74, 6) is 1.01. The molecular weight excluding hydrogens is 361 g/mol. The number of amides is 1. The Kier molecular flexibility index (Phi) is 5.38. The molecule has 3 heterocycles. The topological polar surface area (TPSA) is 61.8 Å². The number of aryl methyl sites for hydroxylation is 1. The number of para-hydroxylation sites is 1. The van der Waals surface area contributed by atoms with Crippen LogP contribution in [0.1, 0.15) is 16.3 Å². The Balaban J connectivity index is 1.45. The van der Waals surface area contributed by atoms with Gasteiger partial charge in [-0.05, 0) is 19.1 Å². The normalized spacial score (nSPS) is 17.7. The lowest BCUT2D eigenvalue weighted by atomic mass is 10.2. The first-order chi connectivity index (χ1) is 13.6. The van der Waals surface area contributed by atoms with Crippen LogP contribution in [0.15, 0.2) is 30.3 Å². The Morgan fingerprint density at radius 1 is 1.00 bits per heavy atom. The number of carbonyl (C=O) groups excluding carboxylic acids is 1. The maximum atomic E-state index is 14.0. The highest BCUT2D eigenvalue weighted by molar-refractivity contribution is 5.93. The summed E-state index contributed by atoms with van der Waals surface area (Å²) >= 11 is 0. The zero-order chi connectivity index (χ0) is 19.5. The van der Waals surface area contributed by atoms with E-state index in [9.17, 15) is 9.18 Å². The molecule has 0 bridgehead atoms. The summed E-state index contributed by atoms with van der Waals surface area (Å²) in [5.41, 5.74) is 0.996. The summed E-state index contributed by atoms with van der Waals surface area (Å²) in [7, 11) is 0. The van der Waals surface area contributed by atoms with Crippen LogP contribution in [-0.4, -0.2) is 73.3 Å². The second-order valence-corrected chi connectivity index (χ2v) is 6.99. The van der Waals surface area contributed by atoms with Gasteiger partial charge in [-0.1, -0.05) is 12.1 Å². The van der Waals surface area contributed by atoms with Gasteiger partial charge in [-0.15, -0.1) is 0 Å². The first kappa shape index (κ1) is 18.6. The number of nitrogens with zero attached hydrogens (tertiary/aromatic N) is 5. The molecule has 7 nitrogen and oxygen atoms in total. The number of benzene rings is 1. The fraction of sp³-hybridized carbons (Fsp3) is 0.450. The number of anilines is 2. The van der Waals surface area contributed by atoms with E-state index in [0.29, 0.717) is 56.6 Å². The number of rotatable bonds is 3. The van der Waals surface area contributed by atoms with E-state index in [0.717, 1.165) is 18.9 Å². The van der Waals surface area contributed by atoms with Crippen molar-refractivity contribution in [3.63, 3.8) is 0 Å². The molecule has 0 N–H and O–H groups in total. The summed E-state index contributed by atoms with van der Waals surface area (Å²) in [6, 6.07) is 8.51. The lowest BCUT2D eigenvalue weighted by Crippen LogP contribution is -2.49. The minimum absolute atomic E-state index is 0.104. The molecule has 148 valence electrons. The monoisotopic (exact) mass is 385 g/mol. The van der Waals surface area contributed by atoms with Crippen molar-refractivity contribution in [3.05, 3.63) is 47.7 Å². The summed E-state index contributed by atoms with van der Waals surface area (Å²) in [5, 5.41) is 0. The van der Waals surface area contributed by atoms with Crippen molar-refractivity contribution in [1.82, 2.24) is 14.9 Å². The third kappa shape index (κ3) is 3.91. The molecule has 2 fully saturated rings. The first-order valence-corrected chi connectivity index (χ1v) is 9.59. The molecular formula is C20H24FN5O2. The van der Waals surface area contributed by atoms with Crippen LogP contribution < -0.4 is 9.80 Å². The number of piperazine rings is 1. The minimum atomic E-state index is -0.233. The highest BCUT2D eigenvalue weighted by Gasteiger charge is 2.25. The van der Waals surface area contributed by atoms with Gasteiger partial charge in [0, 0.05) is 45.3 Å². The van der Waals surface area contributed by atoms with Crippen LogP contribution in [0, 0.1) is 12.7 Å². The molecule has 1 aromatic carbocycles. The van der Waals surface area contributed by atoms with E-state index in [1.54, 1.807) is 30.0 Å². The quantitative estimate of drug-likeness (QED) is 0.802. The average molecular weight is 385 g/mol. The summed E-state index contributed by atoms with van der Waals surface area (Å²) < 4.78 is 19.4. The molecule has 0 atom stereocenters. The van der Waals surface area contributed by atoms with E-state index in [1.165, 1.54) is 6.07 Å². The molecule has 2 aromatic rings. The summed E-state index contributed by atoms with van der Waals surface area (Å²) in [6.45, 7) is 6.87. The van der Waals surface area contributed by atoms with Gasteiger partial charge < -0.3 is 19.4 Å². The van der Waals surface area contributed by atoms with E-state index in [4.69, 9.17) is 4.74 Å². The van der Waals surface area contributed by atoms with Crippen molar-refractivity contribution in [1.29, 1.82) is 0 Å². The van der Waals surface area contributed by atoms with Crippen LogP contribution in [0.5, 0.6) is 0 Å². The third-order valence-corrected chi connectivity index (χ3v) is 5.14. The molecule has 2 aliphatic heterocycles. The van der Waals surface area contributed by atoms with Crippen LogP contribution in [0.2, 0.25) is 0 Å². The van der Waals surface area contributed by atoms with E-state index in [-0.39, 0.29) is 11.7 Å². The maximum Gasteiger partial charge on any atom is 0.272 e. The average Bonchev–Trinajstić information content (AvgIpc) is 2.74. The van der Waals surface area contributed by atoms with Crippen LogP contribution in [0.25, 0.3) is 0 Å². The largest absolute Gasteiger partial charge is 0.378 e. The molecule has 0 spiro atoms. The molecule has 0 unspecified atom stereocenters. The van der Waals surface area contributed by atoms with Crippen LogP contribution in [-0.2, 0) is 4.74 Å². The number of halogens is 1. The highest BCUT2D eigenvalue weighted by Crippen LogP contribution is 2.21. The van der Waals surface area contributed by atoms with Crippen molar-refractivity contribution in [3.8, 4) is 0 Å². The van der Waals surface area contributed by atoms with Gasteiger partial charge >= 0.3 is 0 Å². The van der Waals surface area contributed by atoms with Crippen molar-refractivity contribution >= 4 is 17.4 Å². The number of carbonyl (C=O) groups is 1. The van der Waals surface area contributed by atoms with Gasteiger partial charge in [-0.2, -0.15) is 0 Å². The fourth-order valence-corrected chi connectivity index (χ4v) is 3.64.